The summed E-state index contributed by atoms with van der Waals surface area (Å²) >= 11 is 1.66. The molecule has 1 amide bonds. The molecule has 0 spiro atoms. The van der Waals surface area contributed by atoms with Gasteiger partial charge in [-0.2, -0.15) is 5.26 Å². The van der Waals surface area contributed by atoms with Gasteiger partial charge in [0.2, 0.25) is 5.91 Å². The van der Waals surface area contributed by atoms with Crippen LogP contribution in [0.25, 0.3) is 0 Å². The molecule has 2 rings (SSSR count). The minimum atomic E-state index is -0.218. The highest BCUT2D eigenvalue weighted by Gasteiger charge is 2.34. The van der Waals surface area contributed by atoms with Crippen molar-refractivity contribution < 1.29 is 4.79 Å². The number of likely N-dealkylation sites (tertiary alicyclic amines) is 2. The smallest absolute Gasteiger partial charge is 0.236 e. The number of rotatable bonds is 3. The second-order valence-corrected chi connectivity index (χ2v) is 6.72. The lowest BCUT2D eigenvalue weighted by Gasteiger charge is -2.37. The second kappa shape index (κ2) is 6.62. The van der Waals surface area contributed by atoms with Crippen molar-refractivity contribution in [1.29, 1.82) is 5.26 Å². The van der Waals surface area contributed by atoms with E-state index in [1.165, 1.54) is 6.42 Å². The molecule has 19 heavy (non-hydrogen) atoms. The molecule has 0 unspecified atom stereocenters. The van der Waals surface area contributed by atoms with Crippen LogP contribution < -0.4 is 0 Å². The molecule has 2 heterocycles. The van der Waals surface area contributed by atoms with E-state index in [2.05, 4.69) is 11.0 Å². The average molecular weight is 281 g/mol. The van der Waals surface area contributed by atoms with E-state index >= 15 is 0 Å². The molecule has 0 aliphatic carbocycles. The second-order valence-electron chi connectivity index (χ2n) is 5.53. The fraction of sp³-hybridized carbons (Fsp3) is 0.857. The first-order chi connectivity index (χ1) is 9.19. The molecule has 5 heteroatoms. The van der Waals surface area contributed by atoms with Gasteiger partial charge in [0.1, 0.15) is 4.75 Å². The Balaban J connectivity index is 1.79. The van der Waals surface area contributed by atoms with E-state index < -0.39 is 0 Å². The fourth-order valence-corrected chi connectivity index (χ4v) is 3.55. The lowest BCUT2D eigenvalue weighted by atomic mass is 9.97. The number of thioether (sulfide) groups is 1. The van der Waals surface area contributed by atoms with Crippen molar-refractivity contribution in [1.82, 2.24) is 9.80 Å². The van der Waals surface area contributed by atoms with Crippen LogP contribution in [0.3, 0.4) is 0 Å². The SMILES string of the molecule is CSC1(C#N)CCN(CC(=O)N2CCCCC2)CC1. The Hall–Kier alpha value is -0.730. The summed E-state index contributed by atoms with van der Waals surface area (Å²) in [6.45, 7) is 4.14. The Bertz CT molecular complexity index is 352. The van der Waals surface area contributed by atoms with E-state index in [9.17, 15) is 10.1 Å². The summed E-state index contributed by atoms with van der Waals surface area (Å²) in [5.41, 5.74) is 0. The molecule has 2 aliphatic heterocycles. The van der Waals surface area contributed by atoms with E-state index in [4.69, 9.17) is 0 Å². The van der Waals surface area contributed by atoms with Crippen LogP contribution in [0.2, 0.25) is 0 Å². The molecule has 0 saturated carbocycles. The van der Waals surface area contributed by atoms with Crippen molar-refractivity contribution in [3.8, 4) is 6.07 Å². The van der Waals surface area contributed by atoms with Crippen LogP contribution in [0.5, 0.6) is 0 Å². The molecule has 2 fully saturated rings. The van der Waals surface area contributed by atoms with Gasteiger partial charge >= 0.3 is 0 Å². The van der Waals surface area contributed by atoms with Crippen molar-refractivity contribution in [2.75, 3.05) is 39.0 Å². The van der Waals surface area contributed by atoms with Crippen LogP contribution in [0.1, 0.15) is 32.1 Å². The molecule has 4 nitrogen and oxygen atoms in total. The minimum absolute atomic E-state index is 0.218. The standard InChI is InChI=1S/C14H23N3OS/c1-19-14(12-15)5-9-16(10-6-14)11-13(18)17-7-3-2-4-8-17/h2-11H2,1H3. The molecule has 106 valence electrons. The Kier molecular flexibility index (Phi) is 5.12. The van der Waals surface area contributed by atoms with E-state index in [0.717, 1.165) is 51.9 Å². The Morgan fingerprint density at radius 2 is 1.84 bits per heavy atom. The quantitative estimate of drug-likeness (QED) is 0.790. The molecule has 0 aromatic carbocycles. The number of carbonyl (C=O) groups is 1. The Labute approximate surface area is 120 Å². The third-order valence-electron chi connectivity index (χ3n) is 4.33. The zero-order chi connectivity index (χ0) is 13.7. The maximum absolute atomic E-state index is 12.2. The molecule has 0 aromatic heterocycles. The van der Waals surface area contributed by atoms with Gasteiger partial charge in [0.15, 0.2) is 0 Å². The van der Waals surface area contributed by atoms with Crippen molar-refractivity contribution >= 4 is 17.7 Å². The number of nitriles is 1. The van der Waals surface area contributed by atoms with Crippen molar-refractivity contribution in [3.63, 3.8) is 0 Å². The number of hydrogen-bond acceptors (Lipinski definition) is 4. The predicted molar refractivity (Wildman–Crippen MR) is 78.0 cm³/mol. The molecule has 0 bridgehead atoms. The number of nitrogens with zero attached hydrogens (tertiary/aromatic N) is 3. The average Bonchev–Trinajstić information content (AvgIpc) is 2.49. The highest BCUT2D eigenvalue weighted by atomic mass is 32.2. The first-order valence-electron chi connectivity index (χ1n) is 7.16. The topological polar surface area (TPSA) is 47.3 Å². The van der Waals surface area contributed by atoms with Crippen LogP contribution >= 0.6 is 11.8 Å². The largest absolute Gasteiger partial charge is 0.342 e. The summed E-state index contributed by atoms with van der Waals surface area (Å²) in [7, 11) is 0. The Morgan fingerprint density at radius 3 is 2.37 bits per heavy atom. The van der Waals surface area contributed by atoms with Crippen molar-refractivity contribution in [3.05, 3.63) is 0 Å². The van der Waals surface area contributed by atoms with Gasteiger partial charge < -0.3 is 4.90 Å². The number of hydrogen-bond donors (Lipinski definition) is 0. The number of carbonyl (C=O) groups excluding carboxylic acids is 1. The van der Waals surface area contributed by atoms with Crippen LogP contribution in [0, 0.1) is 11.3 Å². The summed E-state index contributed by atoms with van der Waals surface area (Å²) < 4.78 is -0.218. The van der Waals surface area contributed by atoms with E-state index in [-0.39, 0.29) is 10.7 Å². The van der Waals surface area contributed by atoms with Gasteiger partial charge in [0.25, 0.3) is 0 Å². The van der Waals surface area contributed by atoms with Crippen LogP contribution in [-0.2, 0) is 4.79 Å². The van der Waals surface area contributed by atoms with Crippen molar-refractivity contribution in [2.45, 2.75) is 36.9 Å². The summed E-state index contributed by atoms with van der Waals surface area (Å²) in [5, 5.41) is 9.25. The maximum Gasteiger partial charge on any atom is 0.236 e. The van der Waals surface area contributed by atoms with Crippen LogP contribution in [0.4, 0.5) is 0 Å². The highest BCUT2D eigenvalue weighted by Crippen LogP contribution is 2.33. The first-order valence-corrected chi connectivity index (χ1v) is 8.38. The zero-order valence-electron chi connectivity index (χ0n) is 11.7. The normalized spacial score (nSPS) is 23.9. The van der Waals surface area contributed by atoms with Gasteiger partial charge in [-0.15, -0.1) is 11.8 Å². The molecular weight excluding hydrogens is 258 g/mol. The van der Waals surface area contributed by atoms with Gasteiger partial charge in [-0.3, -0.25) is 9.69 Å². The third-order valence-corrected chi connectivity index (χ3v) is 5.61. The number of amides is 1. The number of piperidine rings is 2. The van der Waals surface area contributed by atoms with Gasteiger partial charge in [0.05, 0.1) is 12.6 Å². The molecule has 0 atom stereocenters. The Morgan fingerprint density at radius 1 is 1.21 bits per heavy atom. The first kappa shape index (κ1) is 14.7. The van der Waals surface area contributed by atoms with E-state index in [1.807, 2.05) is 11.2 Å². The van der Waals surface area contributed by atoms with Crippen LogP contribution in [-0.4, -0.2) is 59.4 Å². The molecule has 2 aliphatic rings. The molecule has 0 radical (unpaired) electrons. The molecule has 0 aromatic rings. The van der Waals surface area contributed by atoms with Gasteiger partial charge in [-0.05, 0) is 38.4 Å². The fourth-order valence-electron chi connectivity index (χ4n) is 2.87. The molecule has 0 N–H and O–H groups in total. The molecular formula is C14H23N3OS. The lowest BCUT2D eigenvalue weighted by Crippen LogP contribution is -2.47. The van der Waals surface area contributed by atoms with Crippen LogP contribution in [0.15, 0.2) is 0 Å². The molecule has 2 saturated heterocycles. The van der Waals surface area contributed by atoms with Gasteiger partial charge in [-0.25, -0.2) is 0 Å². The third kappa shape index (κ3) is 3.64. The minimum Gasteiger partial charge on any atom is -0.342 e. The summed E-state index contributed by atoms with van der Waals surface area (Å²) in [5.74, 6) is 0.272. The van der Waals surface area contributed by atoms with E-state index in [0.29, 0.717) is 6.54 Å². The maximum atomic E-state index is 12.2. The summed E-state index contributed by atoms with van der Waals surface area (Å²) in [6, 6.07) is 2.45. The summed E-state index contributed by atoms with van der Waals surface area (Å²) in [6.07, 6.45) is 7.31. The van der Waals surface area contributed by atoms with Crippen molar-refractivity contribution in [2.24, 2.45) is 0 Å². The van der Waals surface area contributed by atoms with Gasteiger partial charge in [-0.1, -0.05) is 0 Å². The van der Waals surface area contributed by atoms with Gasteiger partial charge in [0, 0.05) is 26.2 Å². The predicted octanol–water partition coefficient (Wildman–Crippen LogP) is 1.72. The highest BCUT2D eigenvalue weighted by molar-refractivity contribution is 8.00. The summed E-state index contributed by atoms with van der Waals surface area (Å²) in [4.78, 5) is 16.4. The van der Waals surface area contributed by atoms with E-state index in [1.54, 1.807) is 11.8 Å². The zero-order valence-corrected chi connectivity index (χ0v) is 12.5. The monoisotopic (exact) mass is 281 g/mol. The lowest BCUT2D eigenvalue weighted by molar-refractivity contribution is -0.133.